The number of carbonyl (C=O) groups excluding carboxylic acids is 2. The summed E-state index contributed by atoms with van der Waals surface area (Å²) in [5, 5.41) is 17.1. The highest BCUT2D eigenvalue weighted by molar-refractivity contribution is 6.02. The van der Waals surface area contributed by atoms with Crippen LogP contribution < -0.4 is 20.7 Å². The Morgan fingerprint density at radius 1 is 1.26 bits per heavy atom. The van der Waals surface area contributed by atoms with Crippen LogP contribution in [0.3, 0.4) is 0 Å². The molecule has 5 rings (SSSR count). The lowest BCUT2D eigenvalue weighted by molar-refractivity contribution is -0.117. The van der Waals surface area contributed by atoms with Gasteiger partial charge in [-0.05, 0) is 24.3 Å². The lowest BCUT2D eigenvalue weighted by Crippen LogP contribution is -2.38. The molecule has 4 N–H and O–H groups in total. The van der Waals surface area contributed by atoms with Crippen LogP contribution in [-0.2, 0) is 9.53 Å². The van der Waals surface area contributed by atoms with Gasteiger partial charge in [-0.25, -0.2) is 14.8 Å². The predicted octanol–water partition coefficient (Wildman–Crippen LogP) is 2.31. The van der Waals surface area contributed by atoms with Crippen LogP contribution in [0.1, 0.15) is 0 Å². The number of nitrogens with one attached hydrogen (secondary N) is 4. The van der Waals surface area contributed by atoms with Gasteiger partial charge in [0.15, 0.2) is 0 Å². The number of nitrogens with zero attached hydrogens (tertiary/aromatic N) is 3. The molecule has 2 amide bonds. The van der Waals surface area contributed by atoms with E-state index in [4.69, 9.17) is 9.47 Å². The van der Waals surface area contributed by atoms with Gasteiger partial charge in [-0.1, -0.05) is 0 Å². The first-order chi connectivity index (χ1) is 15.1. The highest BCUT2D eigenvalue weighted by Gasteiger charge is 2.29. The summed E-state index contributed by atoms with van der Waals surface area (Å²) in [6, 6.07) is 8.43. The minimum atomic E-state index is -0.779. The van der Waals surface area contributed by atoms with E-state index in [0.717, 1.165) is 16.6 Å². The van der Waals surface area contributed by atoms with E-state index in [0.29, 0.717) is 28.2 Å². The number of aromatic nitrogens is 4. The number of aromatic amines is 1. The maximum absolute atomic E-state index is 12.5. The van der Waals surface area contributed by atoms with Gasteiger partial charge in [-0.15, -0.1) is 0 Å². The van der Waals surface area contributed by atoms with Crippen LogP contribution in [0.25, 0.3) is 21.8 Å². The third-order valence-electron chi connectivity index (χ3n) is 4.91. The van der Waals surface area contributed by atoms with Crippen molar-refractivity contribution in [3.8, 4) is 5.75 Å². The molecule has 0 aliphatic carbocycles. The van der Waals surface area contributed by atoms with E-state index >= 15 is 0 Å². The molecule has 3 heterocycles. The van der Waals surface area contributed by atoms with Crippen molar-refractivity contribution in [1.29, 1.82) is 0 Å². The van der Waals surface area contributed by atoms with E-state index in [1.165, 1.54) is 13.4 Å². The number of amides is 2. The third kappa shape index (κ3) is 3.52. The van der Waals surface area contributed by atoms with Gasteiger partial charge in [0, 0.05) is 22.5 Å². The first kappa shape index (κ1) is 18.6. The third-order valence-corrected chi connectivity index (χ3v) is 4.91. The van der Waals surface area contributed by atoms with E-state index in [1.54, 1.807) is 18.3 Å². The van der Waals surface area contributed by atoms with Crippen molar-refractivity contribution >= 4 is 51.0 Å². The molecule has 31 heavy (non-hydrogen) atoms. The Morgan fingerprint density at radius 2 is 2.16 bits per heavy atom. The molecule has 2 aromatic carbocycles. The number of hydrogen-bond acceptors (Lipinski definition) is 8. The lowest BCUT2D eigenvalue weighted by atomic mass is 10.1. The molecule has 1 aliphatic heterocycles. The van der Waals surface area contributed by atoms with Crippen molar-refractivity contribution in [2.45, 2.75) is 6.04 Å². The molecule has 2 aromatic heterocycles. The predicted molar refractivity (Wildman–Crippen MR) is 112 cm³/mol. The Labute approximate surface area is 175 Å². The SMILES string of the molecule is COc1cc2ncnc(Nc3ccc4cn[nH]c4c3)c2cc1NC(=O)[C@H]1COC(=O)N1. The number of methoxy groups -OCH3 is 1. The number of alkyl carbamates (subject to hydrolysis) is 1. The summed E-state index contributed by atoms with van der Waals surface area (Å²) in [6.45, 7) is -0.0352. The van der Waals surface area contributed by atoms with Crippen LogP contribution in [0.2, 0.25) is 0 Å². The molecular formula is C20H17N7O4. The second-order valence-electron chi connectivity index (χ2n) is 6.87. The maximum Gasteiger partial charge on any atom is 0.407 e. The largest absolute Gasteiger partial charge is 0.494 e. The van der Waals surface area contributed by atoms with Gasteiger partial charge >= 0.3 is 6.09 Å². The Hall–Kier alpha value is -4.41. The number of hydrogen-bond donors (Lipinski definition) is 4. The Balaban J connectivity index is 1.49. The van der Waals surface area contributed by atoms with E-state index in [2.05, 4.69) is 36.1 Å². The number of fused-ring (bicyclic) bond motifs is 2. The second kappa shape index (κ2) is 7.44. The Morgan fingerprint density at radius 3 is 2.97 bits per heavy atom. The quantitative estimate of drug-likeness (QED) is 0.386. The zero-order chi connectivity index (χ0) is 21.4. The van der Waals surface area contributed by atoms with Crippen LogP contribution >= 0.6 is 0 Å². The molecular weight excluding hydrogens is 402 g/mol. The zero-order valence-electron chi connectivity index (χ0n) is 16.3. The summed E-state index contributed by atoms with van der Waals surface area (Å²) in [6.07, 6.45) is 2.57. The normalized spacial score (nSPS) is 15.5. The minimum absolute atomic E-state index is 0.0352. The summed E-state index contributed by atoms with van der Waals surface area (Å²) >= 11 is 0. The van der Waals surface area contributed by atoms with Crippen molar-refractivity contribution in [3.05, 3.63) is 42.9 Å². The highest BCUT2D eigenvalue weighted by atomic mass is 16.6. The number of carbonyl (C=O) groups is 2. The van der Waals surface area contributed by atoms with Crippen molar-refractivity contribution < 1.29 is 19.1 Å². The first-order valence-electron chi connectivity index (χ1n) is 9.38. The van der Waals surface area contributed by atoms with E-state index in [-0.39, 0.29) is 6.61 Å². The lowest BCUT2D eigenvalue weighted by Gasteiger charge is -2.15. The molecule has 4 aromatic rings. The minimum Gasteiger partial charge on any atom is -0.494 e. The monoisotopic (exact) mass is 419 g/mol. The van der Waals surface area contributed by atoms with Gasteiger partial charge in [0.05, 0.1) is 30.0 Å². The number of benzene rings is 2. The molecule has 1 aliphatic rings. The fourth-order valence-electron chi connectivity index (χ4n) is 3.35. The van der Waals surface area contributed by atoms with Gasteiger partial charge in [0.1, 0.15) is 30.5 Å². The molecule has 156 valence electrons. The molecule has 1 saturated heterocycles. The van der Waals surface area contributed by atoms with Crippen molar-refractivity contribution in [1.82, 2.24) is 25.5 Å². The number of cyclic esters (lactones) is 1. The molecule has 1 fully saturated rings. The average Bonchev–Trinajstić information content (AvgIpc) is 3.42. The summed E-state index contributed by atoms with van der Waals surface area (Å²) in [5.74, 6) is 0.564. The van der Waals surface area contributed by atoms with E-state index < -0.39 is 18.0 Å². The molecule has 0 bridgehead atoms. The summed E-state index contributed by atoms with van der Waals surface area (Å²) < 4.78 is 10.2. The fraction of sp³-hybridized carbons (Fsp3) is 0.150. The smallest absolute Gasteiger partial charge is 0.407 e. The second-order valence-corrected chi connectivity index (χ2v) is 6.87. The van der Waals surface area contributed by atoms with Gasteiger partial charge in [0.25, 0.3) is 5.91 Å². The molecule has 1 atom stereocenters. The van der Waals surface area contributed by atoms with Gasteiger partial charge < -0.3 is 25.4 Å². The first-order valence-corrected chi connectivity index (χ1v) is 9.38. The van der Waals surface area contributed by atoms with Crippen LogP contribution in [0, 0.1) is 0 Å². The maximum atomic E-state index is 12.5. The zero-order valence-corrected chi connectivity index (χ0v) is 16.3. The number of anilines is 3. The highest BCUT2D eigenvalue weighted by Crippen LogP contribution is 2.33. The molecule has 11 heteroatoms. The molecule has 0 radical (unpaired) electrons. The molecule has 0 saturated carbocycles. The number of rotatable bonds is 5. The summed E-state index contributed by atoms with van der Waals surface area (Å²) in [5.41, 5.74) is 2.75. The van der Waals surface area contributed by atoms with Crippen LogP contribution in [-0.4, -0.2) is 51.9 Å². The average molecular weight is 419 g/mol. The summed E-state index contributed by atoms with van der Waals surface area (Å²) in [4.78, 5) is 32.4. The van der Waals surface area contributed by atoms with E-state index in [1.807, 2.05) is 18.2 Å². The Bertz CT molecular complexity index is 1320. The number of ether oxygens (including phenoxy) is 2. The standard InChI is InChI=1S/C20H17N7O4/c1-30-17-6-14-12(5-15(17)25-19(28)16-8-31-20(29)26-16)18(22-9-21-14)24-11-3-2-10-7-23-27-13(10)4-11/h2-7,9,16H,8H2,1H3,(H,23,27)(H,25,28)(H,26,29)(H,21,22,24)/t16-/m1/s1. The van der Waals surface area contributed by atoms with Gasteiger partial charge in [0.2, 0.25) is 0 Å². The van der Waals surface area contributed by atoms with Crippen molar-refractivity contribution in [3.63, 3.8) is 0 Å². The van der Waals surface area contributed by atoms with Gasteiger partial charge in [-0.3, -0.25) is 9.89 Å². The molecule has 11 nitrogen and oxygen atoms in total. The Kier molecular flexibility index (Phi) is 4.47. The topological polar surface area (TPSA) is 143 Å². The van der Waals surface area contributed by atoms with Crippen molar-refractivity contribution in [2.75, 3.05) is 24.4 Å². The van der Waals surface area contributed by atoms with Crippen LogP contribution in [0.15, 0.2) is 42.9 Å². The van der Waals surface area contributed by atoms with Gasteiger partial charge in [-0.2, -0.15) is 5.10 Å². The molecule has 0 spiro atoms. The fourth-order valence-corrected chi connectivity index (χ4v) is 3.35. The number of H-pyrrole nitrogens is 1. The van der Waals surface area contributed by atoms with E-state index in [9.17, 15) is 9.59 Å². The van der Waals surface area contributed by atoms with Crippen LogP contribution in [0.5, 0.6) is 5.75 Å². The van der Waals surface area contributed by atoms with Crippen molar-refractivity contribution in [2.24, 2.45) is 0 Å². The molecule has 0 unspecified atom stereocenters. The summed E-state index contributed by atoms with van der Waals surface area (Å²) in [7, 11) is 1.50. The van der Waals surface area contributed by atoms with Crippen LogP contribution in [0.4, 0.5) is 22.0 Å².